The molecule has 51 heavy (non-hydrogen) atoms. The van der Waals surface area contributed by atoms with Crippen molar-refractivity contribution in [2.45, 2.75) is 111 Å². The van der Waals surface area contributed by atoms with Crippen molar-refractivity contribution in [3.63, 3.8) is 0 Å². The Kier molecular flexibility index (Phi) is 14.4. The van der Waals surface area contributed by atoms with Crippen LogP contribution in [-0.4, -0.2) is 111 Å². The number of phenols is 2. The fourth-order valence-electron chi connectivity index (χ4n) is 6.23. The van der Waals surface area contributed by atoms with Crippen molar-refractivity contribution >= 4 is 24.5 Å². The van der Waals surface area contributed by atoms with Gasteiger partial charge in [0.1, 0.15) is 11.5 Å². The van der Waals surface area contributed by atoms with E-state index in [4.69, 9.17) is 25.0 Å². The van der Waals surface area contributed by atoms with Crippen molar-refractivity contribution in [1.82, 2.24) is 9.80 Å². The summed E-state index contributed by atoms with van der Waals surface area (Å²) >= 11 is 0. The van der Waals surface area contributed by atoms with E-state index in [1.165, 1.54) is 17.1 Å². The van der Waals surface area contributed by atoms with E-state index in [-0.39, 0.29) is 38.8 Å². The van der Waals surface area contributed by atoms with E-state index in [2.05, 4.69) is 108 Å². The molecule has 1 fully saturated rings. The van der Waals surface area contributed by atoms with Gasteiger partial charge in [0.05, 0.1) is 51.9 Å². The number of fused-ring (bicyclic) bond motifs is 1. The summed E-state index contributed by atoms with van der Waals surface area (Å²) in [7, 11) is 2.18. The monoisotopic (exact) mass is 751 g/mol. The Morgan fingerprint density at radius 1 is 0.804 bits per heavy atom. The number of guanidine groups is 1. The first-order valence-corrected chi connectivity index (χ1v) is 17.7. The maximum atomic E-state index is 11.4. The van der Waals surface area contributed by atoms with Crippen molar-refractivity contribution in [3.8, 4) is 11.5 Å². The fraction of sp³-hybridized carbons (Fsp3) is 0.600. The van der Waals surface area contributed by atoms with Gasteiger partial charge in [-0.25, -0.2) is 4.79 Å². The molecular weight excluding hydrogens is 689 g/mol. The van der Waals surface area contributed by atoms with Gasteiger partial charge in [-0.05, 0) is 71.8 Å². The summed E-state index contributed by atoms with van der Waals surface area (Å²) in [5.41, 5.74) is 4.95. The minimum atomic E-state index is -1.83. The molecule has 2 aromatic rings. The van der Waals surface area contributed by atoms with Gasteiger partial charge in [-0.2, -0.15) is 0 Å². The zero-order chi connectivity index (χ0) is 37.8. The number of aromatic hydroxyl groups is 2. The molecule has 0 amide bonds. The first-order valence-electron chi connectivity index (χ1n) is 17.7. The van der Waals surface area contributed by atoms with Crippen LogP contribution in [0.1, 0.15) is 116 Å². The number of rotatable bonds is 9. The molecule has 4 rings (SSSR count). The second kappa shape index (κ2) is 16.8. The fourth-order valence-corrected chi connectivity index (χ4v) is 6.23. The molecule has 0 bridgehead atoms. The molecule has 2 aromatic carbocycles. The van der Waals surface area contributed by atoms with Crippen molar-refractivity contribution in [2.75, 3.05) is 46.3 Å². The van der Waals surface area contributed by atoms with Crippen LogP contribution >= 0.6 is 0 Å². The smallest absolute Gasteiger partial charge is 0.503 e. The number of hydrogen-bond donors (Lipinski definition) is 4. The standard InChI is InChI=1S/C39H59N5O2.CH2O3.Co/c1-36(2,3)30-20-27(14-13-15-43-18-19-44-17-16-42(12)35(43)44)33(45)28(21-30)24-40-26-39(10,11)41-25-29-22-31(37(4,5)6)23-32(34(29)46)38(7,8)9;2-1(3)4;/h20-25H,13-19,26H2,1-12H3,(H-,40,41,45,46);(H2,2,3,4);/p+1. The summed E-state index contributed by atoms with van der Waals surface area (Å²) in [5.74, 6) is 1.97. The Bertz CT molecular complexity index is 1620. The van der Waals surface area contributed by atoms with Gasteiger partial charge in [-0.3, -0.25) is 24.4 Å². The van der Waals surface area contributed by atoms with Gasteiger partial charge < -0.3 is 20.4 Å². The van der Waals surface area contributed by atoms with Crippen molar-refractivity contribution < 1.29 is 46.6 Å². The van der Waals surface area contributed by atoms with Crippen LogP contribution < -0.4 is 0 Å². The minimum Gasteiger partial charge on any atom is -0.507 e. The third-order valence-corrected chi connectivity index (χ3v) is 9.29. The maximum Gasteiger partial charge on any atom is 0.503 e. The van der Waals surface area contributed by atoms with Gasteiger partial charge in [0.15, 0.2) is 0 Å². The van der Waals surface area contributed by atoms with Crippen LogP contribution in [0.15, 0.2) is 34.3 Å². The molecule has 0 saturated carbocycles. The van der Waals surface area contributed by atoms with E-state index in [1.54, 1.807) is 6.21 Å². The minimum absolute atomic E-state index is 0. The van der Waals surface area contributed by atoms with Crippen LogP contribution in [0.2, 0.25) is 0 Å². The van der Waals surface area contributed by atoms with Gasteiger partial charge in [0.2, 0.25) is 0 Å². The number of nitrogens with zero attached hydrogens (tertiary/aromatic N) is 5. The SMILES string of the molecule is C[N+]1=C2N(CCCc3cc(C(C)(C)C)cc(C=NCC(C)(C)N=Cc4cc(C(C)(C)C)cc(C(C)(C)C)c4O)c3O)CCN2CC1.O=C(O)O.[Co]. The Balaban J connectivity index is 0.00000171. The van der Waals surface area contributed by atoms with Crippen LogP contribution in [-0.2, 0) is 39.4 Å². The molecule has 1 saturated heterocycles. The van der Waals surface area contributed by atoms with Gasteiger partial charge >= 0.3 is 12.1 Å². The number of aryl methyl sites for hydroxylation is 1. The molecule has 0 aromatic heterocycles. The molecular formula is C40H62CoN5O5+. The Labute approximate surface area is 316 Å². The van der Waals surface area contributed by atoms with E-state index in [1.807, 2.05) is 20.1 Å². The normalized spacial score (nSPS) is 15.4. The van der Waals surface area contributed by atoms with Crippen LogP contribution in [0.3, 0.4) is 0 Å². The van der Waals surface area contributed by atoms with Crippen molar-refractivity contribution in [2.24, 2.45) is 9.98 Å². The molecule has 285 valence electrons. The Hall–Kier alpha value is -3.57. The molecule has 0 aliphatic carbocycles. The van der Waals surface area contributed by atoms with E-state index in [9.17, 15) is 10.2 Å². The molecule has 2 aliphatic heterocycles. The summed E-state index contributed by atoms with van der Waals surface area (Å²) in [6.45, 7) is 29.5. The zero-order valence-corrected chi connectivity index (χ0v) is 33.9. The van der Waals surface area contributed by atoms with Crippen LogP contribution in [0.25, 0.3) is 0 Å². The van der Waals surface area contributed by atoms with Gasteiger partial charge in [-0.1, -0.05) is 74.4 Å². The second-order valence-electron chi connectivity index (χ2n) is 17.4. The summed E-state index contributed by atoms with van der Waals surface area (Å²) in [4.78, 5) is 23.2. The number of benzene rings is 2. The van der Waals surface area contributed by atoms with E-state index < -0.39 is 11.7 Å². The average Bonchev–Trinajstić information content (AvgIpc) is 3.54. The average molecular weight is 752 g/mol. The molecule has 1 radical (unpaired) electrons. The predicted molar refractivity (Wildman–Crippen MR) is 205 cm³/mol. The van der Waals surface area contributed by atoms with E-state index in [0.717, 1.165) is 67.8 Å². The molecule has 10 nitrogen and oxygen atoms in total. The Morgan fingerprint density at radius 3 is 1.90 bits per heavy atom. The van der Waals surface area contributed by atoms with Gasteiger partial charge in [0.25, 0.3) is 0 Å². The first kappa shape index (κ1) is 43.6. The first-order chi connectivity index (χ1) is 22.9. The van der Waals surface area contributed by atoms with Crippen molar-refractivity contribution in [3.05, 3.63) is 57.6 Å². The summed E-state index contributed by atoms with van der Waals surface area (Å²) in [5, 5.41) is 36.5. The zero-order valence-electron chi connectivity index (χ0n) is 32.9. The molecule has 0 unspecified atom stereocenters. The molecule has 11 heteroatoms. The Morgan fingerprint density at radius 2 is 1.35 bits per heavy atom. The number of hydrogen-bond acceptors (Lipinski definition) is 7. The maximum absolute atomic E-state index is 11.4. The van der Waals surface area contributed by atoms with E-state index >= 15 is 0 Å². The quantitative estimate of drug-likeness (QED) is 0.159. The second-order valence-corrected chi connectivity index (χ2v) is 17.4. The molecule has 0 spiro atoms. The third-order valence-electron chi connectivity index (χ3n) is 9.29. The number of aliphatic imine (C=N–C) groups is 2. The summed E-state index contributed by atoms with van der Waals surface area (Å²) < 4.78 is 2.36. The number of likely N-dealkylation sites (N-methyl/N-ethyl adjacent to an activating group) is 1. The molecule has 0 atom stereocenters. The van der Waals surface area contributed by atoms with Crippen LogP contribution in [0.5, 0.6) is 11.5 Å². The molecule has 2 heterocycles. The molecule has 4 N–H and O–H groups in total. The number of phenolic OH excluding ortho intramolecular Hbond substituents is 2. The van der Waals surface area contributed by atoms with Crippen LogP contribution in [0, 0.1) is 0 Å². The van der Waals surface area contributed by atoms with Crippen molar-refractivity contribution in [1.29, 1.82) is 0 Å². The van der Waals surface area contributed by atoms with Gasteiger partial charge in [-0.15, -0.1) is 0 Å². The predicted octanol–water partition coefficient (Wildman–Crippen LogP) is 7.09. The number of carboxylic acid groups (broad SMARTS) is 2. The molecule has 2 aliphatic rings. The van der Waals surface area contributed by atoms with E-state index in [0.29, 0.717) is 12.3 Å². The largest absolute Gasteiger partial charge is 0.507 e. The third kappa shape index (κ3) is 12.0. The summed E-state index contributed by atoms with van der Waals surface area (Å²) in [6.07, 6.45) is 3.56. The number of carbonyl (C=O) groups is 1. The summed E-state index contributed by atoms with van der Waals surface area (Å²) in [6, 6.07) is 8.43. The van der Waals surface area contributed by atoms with Crippen LogP contribution in [0.4, 0.5) is 4.79 Å². The topological polar surface area (TPSA) is 132 Å². The van der Waals surface area contributed by atoms with Gasteiger partial charge in [0, 0.05) is 45.9 Å².